The number of esters is 1. The highest BCUT2D eigenvalue weighted by atomic mass is 28.3. The van der Waals surface area contributed by atoms with Gasteiger partial charge in [-0.3, -0.25) is 19.1 Å². The molecule has 0 unspecified atom stereocenters. The van der Waals surface area contributed by atoms with Crippen LogP contribution in [0.3, 0.4) is 0 Å². The minimum absolute atomic E-state index is 0.0569. The Labute approximate surface area is 331 Å². The van der Waals surface area contributed by atoms with Crippen molar-refractivity contribution in [1.82, 2.24) is 15.0 Å². The van der Waals surface area contributed by atoms with Crippen molar-refractivity contribution in [3.05, 3.63) is 59.9 Å². The van der Waals surface area contributed by atoms with Crippen molar-refractivity contribution in [1.29, 1.82) is 0 Å². The second kappa shape index (κ2) is 17.3. The van der Waals surface area contributed by atoms with Gasteiger partial charge in [0.25, 0.3) is 11.8 Å². The second-order valence-corrected chi connectivity index (χ2v) is 20.2. The minimum Gasteiger partial charge on any atom is -0.497 e. The van der Waals surface area contributed by atoms with E-state index in [0.717, 1.165) is 10.9 Å². The number of carbonyl (C=O) groups excluding carboxylic acids is 3. The molecule has 1 spiro atoms. The molecule has 0 radical (unpaired) electrons. The molecule has 6 rings (SSSR count). The van der Waals surface area contributed by atoms with Crippen LogP contribution in [0.1, 0.15) is 43.9 Å². The number of hydrogen-bond acceptors (Lipinski definition) is 14. The van der Waals surface area contributed by atoms with Gasteiger partial charge in [-0.1, -0.05) is 42.6 Å². The number of methoxy groups -OCH3 is 2. The lowest BCUT2D eigenvalue weighted by molar-refractivity contribution is -0.274. The van der Waals surface area contributed by atoms with Gasteiger partial charge >= 0.3 is 5.97 Å². The predicted octanol–water partition coefficient (Wildman–Crippen LogP) is 0.556. The van der Waals surface area contributed by atoms with Crippen LogP contribution in [0.5, 0.6) is 5.75 Å². The molecular formula is C39H53N5O12Si. The Kier molecular flexibility index (Phi) is 12.8. The lowest BCUT2D eigenvalue weighted by atomic mass is 9.82. The molecule has 17 nitrogen and oxygen atoms in total. The van der Waals surface area contributed by atoms with Crippen molar-refractivity contribution in [2.75, 3.05) is 37.6 Å². The third kappa shape index (κ3) is 8.09. The fraction of sp³-hybridized carbons (Fsp3) is 0.564. The molecule has 2 amide bonds. The van der Waals surface area contributed by atoms with Crippen molar-refractivity contribution in [2.45, 2.75) is 107 Å². The number of aliphatic hydroxyl groups is 5. The number of ether oxygens (including phenoxy) is 4. The molecule has 4 heterocycles. The number of nitrogens with zero attached hydrogens (tertiary/aromatic N) is 4. The first-order valence-electron chi connectivity index (χ1n) is 19.2. The molecule has 9 atom stereocenters. The molecule has 310 valence electrons. The van der Waals surface area contributed by atoms with Crippen molar-refractivity contribution in [3.63, 3.8) is 0 Å². The van der Waals surface area contributed by atoms with Crippen LogP contribution in [0.25, 0.3) is 0 Å². The van der Waals surface area contributed by atoms with Gasteiger partial charge in [0.05, 0.1) is 39.8 Å². The minimum atomic E-state index is -2.52. The number of fused-ring (bicyclic) bond motifs is 2. The van der Waals surface area contributed by atoms with Gasteiger partial charge in [0.2, 0.25) is 0 Å². The molecule has 0 aliphatic carbocycles. The summed E-state index contributed by atoms with van der Waals surface area (Å²) < 4.78 is 24.3. The summed E-state index contributed by atoms with van der Waals surface area (Å²) in [5, 5.41) is 62.5. The van der Waals surface area contributed by atoms with E-state index >= 15 is 4.79 Å². The fourth-order valence-corrected chi connectivity index (χ4v) is 12.8. The van der Waals surface area contributed by atoms with Crippen LogP contribution in [0.15, 0.2) is 48.7 Å². The molecule has 18 heteroatoms. The van der Waals surface area contributed by atoms with Crippen molar-refractivity contribution >= 4 is 42.4 Å². The summed E-state index contributed by atoms with van der Waals surface area (Å²) in [5.74, 6) is -1.17. The number of carbonyl (C=O) groups is 3. The molecule has 57 heavy (non-hydrogen) atoms. The standard InChI is InChI=1S/C39H53N5O12Si/c1-22-35(57(4,5)26-12-10-25(53-2)11-13-26)29(15-18-43-21-24(16-19-45)41-42-43)56-39(22)27-20-23(40-36(50)34-32(48)31(47)33(49)37(51)55-34)9-14-28(27)44(38(39)52)17-7-6-8-30(46)54-3/h9-14,20-22,29,31-35,37,45,47-49,51H,6-8,15-19H2,1-5H3,(H,40,50)/t22-,29+,31-,32-,33+,34-,35-,37+,39+/m0/s1. The third-order valence-electron chi connectivity index (χ3n) is 11.8. The maximum Gasteiger partial charge on any atom is 0.305 e. The van der Waals surface area contributed by atoms with Crippen LogP contribution in [0.4, 0.5) is 11.4 Å². The molecule has 6 N–H and O–H groups in total. The van der Waals surface area contributed by atoms with Crippen LogP contribution in [-0.2, 0) is 47.2 Å². The number of nitrogens with one attached hydrogen (secondary N) is 1. The Balaban J connectivity index is 1.39. The Bertz CT molecular complexity index is 1910. The Morgan fingerprint density at radius 3 is 2.42 bits per heavy atom. The van der Waals surface area contributed by atoms with Crippen LogP contribution >= 0.6 is 0 Å². The van der Waals surface area contributed by atoms with Crippen LogP contribution < -0.4 is 20.1 Å². The maximum atomic E-state index is 15.1. The number of hydrogen-bond donors (Lipinski definition) is 6. The molecular weight excluding hydrogens is 759 g/mol. The Hall–Kier alpha value is -4.27. The number of anilines is 2. The first-order valence-corrected chi connectivity index (χ1v) is 22.3. The first-order chi connectivity index (χ1) is 27.2. The quantitative estimate of drug-likeness (QED) is 0.0700. The lowest BCUT2D eigenvalue weighted by Crippen LogP contribution is -2.60. The summed E-state index contributed by atoms with van der Waals surface area (Å²) in [4.78, 5) is 42.2. The average Bonchev–Trinajstić information content (AvgIpc) is 3.85. The summed E-state index contributed by atoms with van der Waals surface area (Å²) >= 11 is 0. The highest BCUT2D eigenvalue weighted by Gasteiger charge is 2.66. The number of aromatic nitrogens is 3. The number of rotatable bonds is 15. The van der Waals surface area contributed by atoms with Gasteiger partial charge in [-0.2, -0.15) is 0 Å². The summed E-state index contributed by atoms with van der Waals surface area (Å²) in [6.45, 7) is 7.21. The van der Waals surface area contributed by atoms with Crippen molar-refractivity contribution in [2.24, 2.45) is 5.92 Å². The topological polar surface area (TPSA) is 235 Å². The van der Waals surface area contributed by atoms with Crippen molar-refractivity contribution < 1.29 is 58.9 Å². The summed E-state index contributed by atoms with van der Waals surface area (Å²) in [7, 11) is 0.424. The molecule has 0 bridgehead atoms. The lowest BCUT2D eigenvalue weighted by Gasteiger charge is -2.37. The first kappa shape index (κ1) is 42.3. The van der Waals surface area contributed by atoms with Gasteiger partial charge < -0.3 is 54.7 Å². The van der Waals surface area contributed by atoms with E-state index in [-0.39, 0.29) is 48.6 Å². The van der Waals surface area contributed by atoms with Crippen LogP contribution in [0, 0.1) is 5.92 Å². The van der Waals surface area contributed by atoms with E-state index in [1.165, 1.54) is 7.11 Å². The zero-order valence-corrected chi connectivity index (χ0v) is 33.8. The number of amides is 2. The predicted molar refractivity (Wildman–Crippen MR) is 207 cm³/mol. The van der Waals surface area contributed by atoms with E-state index in [2.05, 4.69) is 40.9 Å². The number of unbranched alkanes of at least 4 members (excludes halogenated alkanes) is 1. The van der Waals surface area contributed by atoms with E-state index < -0.39 is 56.4 Å². The smallest absolute Gasteiger partial charge is 0.305 e. The largest absolute Gasteiger partial charge is 0.497 e. The molecule has 2 aromatic carbocycles. The van der Waals surface area contributed by atoms with E-state index in [1.54, 1.807) is 41.1 Å². The zero-order valence-electron chi connectivity index (χ0n) is 32.8. The molecule has 3 aliphatic rings. The molecule has 0 saturated carbocycles. The second-order valence-electron chi connectivity index (χ2n) is 15.5. The normalized spacial score (nSPS) is 28.5. The molecule has 1 aromatic heterocycles. The summed E-state index contributed by atoms with van der Waals surface area (Å²) in [6.07, 6.45) is -5.73. The van der Waals surface area contributed by atoms with Gasteiger partial charge in [0, 0.05) is 55.9 Å². The zero-order chi connectivity index (χ0) is 41.2. The van der Waals surface area contributed by atoms with Crippen LogP contribution in [-0.4, -0.2) is 131 Å². The maximum absolute atomic E-state index is 15.1. The van der Waals surface area contributed by atoms with E-state index in [1.807, 2.05) is 19.1 Å². The third-order valence-corrected chi connectivity index (χ3v) is 16.1. The highest BCUT2D eigenvalue weighted by Crippen LogP contribution is 2.60. The molecule has 2 fully saturated rings. The Morgan fingerprint density at radius 2 is 1.74 bits per heavy atom. The molecule has 3 aliphatic heterocycles. The van der Waals surface area contributed by atoms with E-state index in [0.29, 0.717) is 49.2 Å². The van der Waals surface area contributed by atoms with Gasteiger partial charge in [-0.25, -0.2) is 0 Å². The average molecular weight is 812 g/mol. The summed E-state index contributed by atoms with van der Waals surface area (Å²) in [5.41, 5.74) is 0.393. The number of aryl methyl sites for hydroxylation is 1. The van der Waals surface area contributed by atoms with Gasteiger partial charge in [0.1, 0.15) is 24.1 Å². The number of benzene rings is 2. The molecule has 3 aromatic rings. The molecule has 2 saturated heterocycles. The van der Waals surface area contributed by atoms with Gasteiger partial charge in [-0.05, 0) is 55.1 Å². The summed E-state index contributed by atoms with van der Waals surface area (Å²) in [6, 6.07) is 13.0. The van der Waals surface area contributed by atoms with E-state index in [4.69, 9.17) is 18.9 Å². The Morgan fingerprint density at radius 1 is 1.00 bits per heavy atom. The SMILES string of the molecule is COC(=O)CCCCN1C(=O)[C@]2(O[C@H](CCn3cc(CCO)nn3)[C@@H]([Si](C)(C)c3ccc(OC)cc3)[C@@H]2C)c2cc(NC(=O)[C@H]3O[C@@H](O)[C@H](O)[C@@H](O)[C@@H]3O)ccc21. The van der Waals surface area contributed by atoms with Crippen LogP contribution in [0.2, 0.25) is 18.6 Å². The van der Waals surface area contributed by atoms with Gasteiger partial charge in [-0.15, -0.1) is 5.10 Å². The van der Waals surface area contributed by atoms with Gasteiger partial charge in [0.15, 0.2) is 18.0 Å². The van der Waals surface area contributed by atoms with Crippen molar-refractivity contribution in [3.8, 4) is 5.75 Å². The highest BCUT2D eigenvalue weighted by molar-refractivity contribution is 6.91. The van der Waals surface area contributed by atoms with E-state index in [9.17, 15) is 35.1 Å². The number of aliphatic hydroxyl groups excluding tert-OH is 5. The monoisotopic (exact) mass is 811 g/mol. The fourth-order valence-electron chi connectivity index (χ4n) is 8.75.